The predicted octanol–water partition coefficient (Wildman–Crippen LogP) is 3.62. The fourth-order valence-corrected chi connectivity index (χ4v) is 2.70. The molecule has 0 saturated carbocycles. The third-order valence-electron chi connectivity index (χ3n) is 3.00. The van der Waals surface area contributed by atoms with Crippen LogP contribution in [-0.2, 0) is 0 Å². The van der Waals surface area contributed by atoms with Gasteiger partial charge in [0.2, 0.25) is 0 Å². The smallest absolute Gasteiger partial charge is 0.174 e. The molecule has 5 heteroatoms. The third-order valence-corrected chi connectivity index (χ3v) is 3.59. The summed E-state index contributed by atoms with van der Waals surface area (Å²) < 4.78 is 11.5. The van der Waals surface area contributed by atoms with Crippen LogP contribution in [0.1, 0.15) is 38.2 Å². The standard InChI is InChI=1S/C15H20BrNO3/c1-4-6-13(18)11(9-17)10-7-12(16)15(19-3)14(8-10)20-5-2/h7-8,11,13,18H,4-6H2,1-3H3. The Morgan fingerprint density at radius 3 is 2.60 bits per heavy atom. The van der Waals surface area contributed by atoms with Crippen LogP contribution in [0.15, 0.2) is 16.6 Å². The minimum Gasteiger partial charge on any atom is -0.492 e. The van der Waals surface area contributed by atoms with E-state index in [1.807, 2.05) is 13.8 Å². The van der Waals surface area contributed by atoms with Crippen molar-refractivity contribution in [1.29, 1.82) is 5.26 Å². The Labute approximate surface area is 128 Å². The number of benzene rings is 1. The van der Waals surface area contributed by atoms with Gasteiger partial charge in [0.15, 0.2) is 11.5 Å². The van der Waals surface area contributed by atoms with Gasteiger partial charge in [-0.3, -0.25) is 0 Å². The third kappa shape index (κ3) is 3.87. The molecule has 0 radical (unpaired) electrons. The molecule has 1 aromatic rings. The van der Waals surface area contributed by atoms with Gasteiger partial charge in [0.25, 0.3) is 0 Å². The first-order valence-electron chi connectivity index (χ1n) is 6.66. The van der Waals surface area contributed by atoms with Crippen molar-refractivity contribution in [3.63, 3.8) is 0 Å². The Balaban J connectivity index is 3.20. The first-order chi connectivity index (χ1) is 9.58. The van der Waals surface area contributed by atoms with Crippen LogP contribution in [0.2, 0.25) is 0 Å². The number of nitrogens with zero attached hydrogens (tertiary/aromatic N) is 1. The van der Waals surface area contributed by atoms with Gasteiger partial charge in [-0.2, -0.15) is 5.26 Å². The van der Waals surface area contributed by atoms with E-state index in [2.05, 4.69) is 22.0 Å². The molecule has 0 aliphatic heterocycles. The molecule has 0 aliphatic carbocycles. The molecular formula is C15H20BrNO3. The van der Waals surface area contributed by atoms with Gasteiger partial charge in [0.05, 0.1) is 36.3 Å². The van der Waals surface area contributed by atoms with E-state index in [0.717, 1.165) is 12.0 Å². The summed E-state index contributed by atoms with van der Waals surface area (Å²) in [7, 11) is 1.57. The molecule has 4 nitrogen and oxygen atoms in total. The molecule has 0 aliphatic rings. The van der Waals surface area contributed by atoms with E-state index in [1.54, 1.807) is 19.2 Å². The van der Waals surface area contributed by atoms with E-state index in [1.165, 1.54) is 0 Å². The van der Waals surface area contributed by atoms with Gasteiger partial charge in [0.1, 0.15) is 0 Å². The average molecular weight is 342 g/mol. The number of methoxy groups -OCH3 is 1. The highest BCUT2D eigenvalue weighted by molar-refractivity contribution is 9.10. The molecule has 2 atom stereocenters. The molecule has 0 heterocycles. The molecule has 1 rings (SSSR count). The minimum absolute atomic E-state index is 0.501. The summed E-state index contributed by atoms with van der Waals surface area (Å²) in [4.78, 5) is 0. The molecule has 110 valence electrons. The van der Waals surface area contributed by atoms with Crippen LogP contribution in [-0.4, -0.2) is 24.9 Å². The van der Waals surface area contributed by atoms with Crippen molar-refractivity contribution in [2.24, 2.45) is 0 Å². The molecule has 1 aromatic carbocycles. The number of aliphatic hydroxyl groups is 1. The van der Waals surface area contributed by atoms with Gasteiger partial charge in [-0.1, -0.05) is 13.3 Å². The number of halogens is 1. The van der Waals surface area contributed by atoms with Crippen molar-refractivity contribution in [2.75, 3.05) is 13.7 Å². The van der Waals surface area contributed by atoms with E-state index in [-0.39, 0.29) is 0 Å². The number of aliphatic hydroxyl groups excluding tert-OH is 1. The number of rotatable bonds is 7. The first-order valence-corrected chi connectivity index (χ1v) is 7.46. The Hall–Kier alpha value is -1.25. The van der Waals surface area contributed by atoms with Crippen LogP contribution in [0.5, 0.6) is 11.5 Å². The topological polar surface area (TPSA) is 62.5 Å². The van der Waals surface area contributed by atoms with E-state index in [9.17, 15) is 10.4 Å². The molecule has 0 saturated heterocycles. The maximum atomic E-state index is 10.1. The highest BCUT2D eigenvalue weighted by Crippen LogP contribution is 2.39. The van der Waals surface area contributed by atoms with Gasteiger partial charge < -0.3 is 14.6 Å². The lowest BCUT2D eigenvalue weighted by molar-refractivity contribution is 0.150. The molecule has 0 fully saturated rings. The molecule has 0 aromatic heterocycles. The van der Waals surface area contributed by atoms with Gasteiger partial charge in [-0.15, -0.1) is 0 Å². The van der Waals surface area contributed by atoms with E-state index >= 15 is 0 Å². The monoisotopic (exact) mass is 341 g/mol. The zero-order chi connectivity index (χ0) is 15.1. The number of hydrogen-bond donors (Lipinski definition) is 1. The second-order valence-corrected chi connectivity index (χ2v) is 5.28. The minimum atomic E-state index is -0.681. The van der Waals surface area contributed by atoms with Crippen molar-refractivity contribution in [3.8, 4) is 17.6 Å². The lowest BCUT2D eigenvalue weighted by atomic mass is 9.92. The van der Waals surface area contributed by atoms with Crippen molar-refractivity contribution in [2.45, 2.75) is 38.7 Å². The Morgan fingerprint density at radius 2 is 2.10 bits per heavy atom. The molecule has 1 N–H and O–H groups in total. The summed E-state index contributed by atoms with van der Waals surface area (Å²) in [5.41, 5.74) is 0.726. The van der Waals surface area contributed by atoms with Crippen molar-refractivity contribution >= 4 is 15.9 Å². The van der Waals surface area contributed by atoms with E-state index in [0.29, 0.717) is 29.0 Å². The van der Waals surface area contributed by atoms with Crippen LogP contribution in [0.25, 0.3) is 0 Å². The lowest BCUT2D eigenvalue weighted by Crippen LogP contribution is -2.17. The summed E-state index contributed by atoms with van der Waals surface area (Å²) in [6, 6.07) is 5.73. The Bertz CT molecular complexity index is 485. The van der Waals surface area contributed by atoms with Crippen molar-refractivity contribution in [1.82, 2.24) is 0 Å². The highest BCUT2D eigenvalue weighted by Gasteiger charge is 2.23. The summed E-state index contributed by atoms with van der Waals surface area (Å²) in [5, 5.41) is 19.4. The average Bonchev–Trinajstić information content (AvgIpc) is 2.40. The highest BCUT2D eigenvalue weighted by atomic mass is 79.9. The normalized spacial score (nSPS) is 13.4. The van der Waals surface area contributed by atoms with Crippen LogP contribution >= 0.6 is 15.9 Å². The fourth-order valence-electron chi connectivity index (χ4n) is 2.07. The van der Waals surface area contributed by atoms with Crippen molar-refractivity contribution < 1.29 is 14.6 Å². The van der Waals surface area contributed by atoms with Gasteiger partial charge in [-0.05, 0) is 47.0 Å². The van der Waals surface area contributed by atoms with E-state index in [4.69, 9.17) is 9.47 Å². The quantitative estimate of drug-likeness (QED) is 0.822. The lowest BCUT2D eigenvalue weighted by Gasteiger charge is -2.19. The van der Waals surface area contributed by atoms with Crippen LogP contribution in [0, 0.1) is 11.3 Å². The van der Waals surface area contributed by atoms with Crippen LogP contribution in [0.3, 0.4) is 0 Å². The maximum absolute atomic E-state index is 10.1. The Kier molecular flexibility index (Phi) is 6.83. The van der Waals surface area contributed by atoms with Gasteiger partial charge in [-0.25, -0.2) is 0 Å². The maximum Gasteiger partial charge on any atom is 0.174 e. The van der Waals surface area contributed by atoms with E-state index < -0.39 is 12.0 Å². The Morgan fingerprint density at radius 1 is 1.40 bits per heavy atom. The van der Waals surface area contributed by atoms with Crippen LogP contribution < -0.4 is 9.47 Å². The van der Waals surface area contributed by atoms with Crippen LogP contribution in [0.4, 0.5) is 0 Å². The molecule has 0 amide bonds. The summed E-state index contributed by atoms with van der Waals surface area (Å²) in [5.74, 6) is 0.594. The fraction of sp³-hybridized carbons (Fsp3) is 0.533. The van der Waals surface area contributed by atoms with Gasteiger partial charge in [0, 0.05) is 0 Å². The zero-order valence-corrected chi connectivity index (χ0v) is 13.6. The summed E-state index contributed by atoms with van der Waals surface area (Å²) in [6.07, 6.45) is 0.737. The first kappa shape index (κ1) is 16.8. The van der Waals surface area contributed by atoms with Crippen molar-refractivity contribution in [3.05, 3.63) is 22.2 Å². The SMILES string of the molecule is CCCC(O)C(C#N)c1cc(Br)c(OC)c(OCC)c1. The number of ether oxygens (including phenoxy) is 2. The number of hydrogen-bond acceptors (Lipinski definition) is 4. The molecular weight excluding hydrogens is 322 g/mol. The number of nitriles is 1. The summed E-state index contributed by atoms with van der Waals surface area (Å²) in [6.45, 7) is 4.36. The predicted molar refractivity (Wildman–Crippen MR) is 81.1 cm³/mol. The molecule has 2 unspecified atom stereocenters. The molecule has 20 heavy (non-hydrogen) atoms. The second-order valence-electron chi connectivity index (χ2n) is 4.43. The largest absolute Gasteiger partial charge is 0.492 e. The summed E-state index contributed by atoms with van der Waals surface area (Å²) >= 11 is 3.42. The molecule has 0 spiro atoms. The second kappa shape index (κ2) is 8.13. The van der Waals surface area contributed by atoms with Gasteiger partial charge >= 0.3 is 0 Å². The molecule has 0 bridgehead atoms. The zero-order valence-electron chi connectivity index (χ0n) is 12.0.